The van der Waals surface area contributed by atoms with Gasteiger partial charge in [-0.15, -0.1) is 0 Å². The van der Waals surface area contributed by atoms with Crippen molar-refractivity contribution in [3.63, 3.8) is 0 Å². The van der Waals surface area contributed by atoms with Crippen LogP contribution in [0.1, 0.15) is 20.3 Å². The van der Waals surface area contributed by atoms with E-state index >= 15 is 0 Å². The molecule has 1 aliphatic heterocycles. The molecule has 2 rings (SSSR count). The Morgan fingerprint density at radius 2 is 2.00 bits per heavy atom. The number of nitrogens with zero attached hydrogens (tertiary/aromatic N) is 1. The largest absolute Gasteiger partial charge is 0.390 e. The molecule has 0 aromatic rings. The molecule has 0 aromatic heterocycles. The molecule has 4 N–H and O–H groups in total. The zero-order chi connectivity index (χ0) is 12.8. The molecule has 17 heavy (non-hydrogen) atoms. The molecule has 1 saturated carbocycles. The van der Waals surface area contributed by atoms with E-state index in [2.05, 4.69) is 10.3 Å². The molecule has 0 amide bonds. The molecule has 2 aliphatic rings. The first-order valence-electron chi connectivity index (χ1n) is 5.83. The Morgan fingerprint density at radius 1 is 1.35 bits per heavy atom. The molecule has 0 bridgehead atoms. The second kappa shape index (κ2) is 4.42. The normalized spacial score (nSPS) is 44.6. The molecular weight excluding hydrogens is 240 g/mol. The summed E-state index contributed by atoms with van der Waals surface area (Å²) in [6.45, 7) is 3.35. The van der Waals surface area contributed by atoms with Crippen LogP contribution in [0.25, 0.3) is 0 Å². The summed E-state index contributed by atoms with van der Waals surface area (Å²) in [6, 6.07) is -0.174. The van der Waals surface area contributed by atoms with Gasteiger partial charge in [-0.25, -0.2) is 0 Å². The van der Waals surface area contributed by atoms with Gasteiger partial charge in [-0.1, -0.05) is 11.8 Å². The van der Waals surface area contributed by atoms with E-state index in [9.17, 15) is 15.3 Å². The minimum Gasteiger partial charge on any atom is -0.390 e. The number of fused-ring (bicyclic) bond motifs is 1. The number of hydrogen-bond donors (Lipinski definition) is 4. The molecule has 5 nitrogen and oxygen atoms in total. The zero-order valence-electron chi connectivity index (χ0n) is 10.3. The average Bonchev–Trinajstić information content (AvgIpc) is 2.65. The smallest absolute Gasteiger partial charge is 0.156 e. The first kappa shape index (κ1) is 13.1. The fourth-order valence-corrected chi connectivity index (χ4v) is 3.93. The third-order valence-electron chi connectivity index (χ3n) is 3.68. The van der Waals surface area contributed by atoms with Crippen LogP contribution in [-0.4, -0.2) is 56.6 Å². The van der Waals surface area contributed by atoms with Crippen LogP contribution >= 0.6 is 11.8 Å². The van der Waals surface area contributed by atoms with Gasteiger partial charge in [0.15, 0.2) is 5.17 Å². The molecule has 1 aliphatic carbocycles. The van der Waals surface area contributed by atoms with Crippen molar-refractivity contribution in [1.82, 2.24) is 5.32 Å². The van der Waals surface area contributed by atoms with Crippen LogP contribution in [0, 0.1) is 5.92 Å². The van der Waals surface area contributed by atoms with Crippen LogP contribution < -0.4 is 5.32 Å². The highest BCUT2D eigenvalue weighted by atomic mass is 32.2. The van der Waals surface area contributed by atoms with Crippen molar-refractivity contribution >= 4 is 16.9 Å². The standard InChI is InChI=1S/C11H20N2O3S/c1-11(2,16)5-4-6-7(9(15)8(5)14)13-10(12-3)17-6/h5-9,14-16H,4H2,1-3H3,(H,12,13). The molecule has 0 spiro atoms. The van der Waals surface area contributed by atoms with Crippen molar-refractivity contribution in [3.8, 4) is 0 Å². The second-order valence-electron chi connectivity index (χ2n) is 5.33. The Labute approximate surface area is 105 Å². The van der Waals surface area contributed by atoms with Crippen LogP contribution in [0.15, 0.2) is 4.99 Å². The number of amidine groups is 1. The summed E-state index contributed by atoms with van der Waals surface area (Å²) in [4.78, 5) is 4.07. The number of rotatable bonds is 1. The number of aliphatic hydroxyl groups excluding tert-OH is 2. The monoisotopic (exact) mass is 260 g/mol. The van der Waals surface area contributed by atoms with Crippen LogP contribution in [0.3, 0.4) is 0 Å². The molecule has 1 heterocycles. The van der Waals surface area contributed by atoms with Gasteiger partial charge in [-0.3, -0.25) is 4.99 Å². The number of aliphatic hydroxyl groups is 3. The van der Waals surface area contributed by atoms with E-state index in [0.29, 0.717) is 6.42 Å². The molecule has 2 fully saturated rings. The predicted octanol–water partition coefficient (Wildman–Crippen LogP) is -0.442. The second-order valence-corrected chi connectivity index (χ2v) is 6.56. The van der Waals surface area contributed by atoms with E-state index in [1.807, 2.05) is 0 Å². The summed E-state index contributed by atoms with van der Waals surface area (Å²) in [5, 5.41) is 34.3. The molecular formula is C11H20N2O3S. The molecule has 5 atom stereocenters. The van der Waals surface area contributed by atoms with Gasteiger partial charge in [0.1, 0.15) is 6.10 Å². The summed E-state index contributed by atoms with van der Waals surface area (Å²) in [7, 11) is 1.70. The Kier molecular flexibility index (Phi) is 3.42. The summed E-state index contributed by atoms with van der Waals surface area (Å²) < 4.78 is 0. The maximum atomic E-state index is 10.1. The average molecular weight is 260 g/mol. The lowest BCUT2D eigenvalue weighted by atomic mass is 9.73. The highest BCUT2D eigenvalue weighted by Crippen LogP contribution is 2.41. The van der Waals surface area contributed by atoms with Crippen molar-refractivity contribution in [2.45, 2.75) is 49.4 Å². The minimum atomic E-state index is -0.988. The zero-order valence-corrected chi connectivity index (χ0v) is 11.1. The van der Waals surface area contributed by atoms with Gasteiger partial charge in [0, 0.05) is 18.2 Å². The highest BCUT2D eigenvalue weighted by Gasteiger charge is 2.51. The van der Waals surface area contributed by atoms with E-state index < -0.39 is 17.8 Å². The Hall–Kier alpha value is -0.300. The number of aliphatic imine (C=N–C) groups is 1. The minimum absolute atomic E-state index is 0.156. The summed E-state index contributed by atoms with van der Waals surface area (Å²) >= 11 is 1.58. The van der Waals surface area contributed by atoms with Crippen LogP contribution in [-0.2, 0) is 0 Å². The number of nitrogens with one attached hydrogen (secondary N) is 1. The predicted molar refractivity (Wildman–Crippen MR) is 68.1 cm³/mol. The van der Waals surface area contributed by atoms with Crippen molar-refractivity contribution in [2.24, 2.45) is 10.9 Å². The first-order chi connectivity index (χ1) is 7.84. The van der Waals surface area contributed by atoms with E-state index in [4.69, 9.17) is 0 Å². The summed E-state index contributed by atoms with van der Waals surface area (Å²) in [6.07, 6.45) is -1.10. The van der Waals surface area contributed by atoms with E-state index in [1.54, 1.807) is 32.7 Å². The van der Waals surface area contributed by atoms with Gasteiger partial charge in [0.05, 0.1) is 17.7 Å². The van der Waals surface area contributed by atoms with Gasteiger partial charge in [-0.05, 0) is 20.3 Å². The van der Waals surface area contributed by atoms with Gasteiger partial charge >= 0.3 is 0 Å². The van der Waals surface area contributed by atoms with E-state index in [0.717, 1.165) is 5.17 Å². The maximum Gasteiger partial charge on any atom is 0.156 e. The first-order valence-corrected chi connectivity index (χ1v) is 6.71. The Balaban J connectivity index is 2.19. The lowest BCUT2D eigenvalue weighted by Crippen LogP contribution is -2.59. The van der Waals surface area contributed by atoms with Crippen molar-refractivity contribution < 1.29 is 15.3 Å². The SMILES string of the molecule is CN=C1NC2C(CC(C(C)(C)O)C(O)C2O)S1. The van der Waals surface area contributed by atoms with Gasteiger partial charge in [0.2, 0.25) is 0 Å². The summed E-state index contributed by atoms with van der Waals surface area (Å²) in [5.74, 6) is -0.316. The van der Waals surface area contributed by atoms with Gasteiger partial charge < -0.3 is 20.6 Å². The lowest BCUT2D eigenvalue weighted by Gasteiger charge is -2.43. The summed E-state index contributed by atoms with van der Waals surface area (Å²) in [5.41, 5.74) is -0.988. The van der Waals surface area contributed by atoms with Crippen LogP contribution in [0.4, 0.5) is 0 Å². The third-order valence-corrected chi connectivity index (χ3v) is 4.99. The van der Waals surface area contributed by atoms with Gasteiger partial charge in [-0.2, -0.15) is 0 Å². The van der Waals surface area contributed by atoms with Crippen molar-refractivity contribution in [2.75, 3.05) is 7.05 Å². The molecule has 6 heteroatoms. The number of thioether (sulfide) groups is 1. The topological polar surface area (TPSA) is 85.1 Å². The van der Waals surface area contributed by atoms with Crippen LogP contribution in [0.5, 0.6) is 0 Å². The van der Waals surface area contributed by atoms with Crippen LogP contribution in [0.2, 0.25) is 0 Å². The van der Waals surface area contributed by atoms with Crippen molar-refractivity contribution in [3.05, 3.63) is 0 Å². The quantitative estimate of drug-likeness (QED) is 0.513. The fraction of sp³-hybridized carbons (Fsp3) is 0.909. The Morgan fingerprint density at radius 3 is 2.53 bits per heavy atom. The fourth-order valence-electron chi connectivity index (χ4n) is 2.65. The Bertz CT molecular complexity index is 329. The van der Waals surface area contributed by atoms with Crippen molar-refractivity contribution in [1.29, 1.82) is 0 Å². The van der Waals surface area contributed by atoms with E-state index in [-0.39, 0.29) is 17.2 Å². The molecule has 0 aromatic carbocycles. The van der Waals surface area contributed by atoms with Gasteiger partial charge in [0.25, 0.3) is 0 Å². The number of hydrogen-bond acceptors (Lipinski definition) is 5. The third kappa shape index (κ3) is 2.31. The highest BCUT2D eigenvalue weighted by molar-refractivity contribution is 8.14. The molecule has 98 valence electrons. The lowest BCUT2D eigenvalue weighted by molar-refractivity contribution is -0.119. The molecule has 0 radical (unpaired) electrons. The van der Waals surface area contributed by atoms with E-state index in [1.165, 1.54) is 0 Å². The molecule has 5 unspecified atom stereocenters. The maximum absolute atomic E-state index is 10.1. The molecule has 1 saturated heterocycles.